The lowest BCUT2D eigenvalue weighted by Crippen LogP contribution is -2.33. The maximum Gasteiger partial charge on any atom is 0.105 e. The highest BCUT2D eigenvalue weighted by Crippen LogP contribution is 2.44. The van der Waals surface area contributed by atoms with Crippen LogP contribution in [0.2, 0.25) is 0 Å². The van der Waals surface area contributed by atoms with Gasteiger partial charge in [-0.15, -0.1) is 0 Å². The van der Waals surface area contributed by atoms with Crippen LogP contribution >= 0.6 is 0 Å². The van der Waals surface area contributed by atoms with Crippen molar-refractivity contribution in [3.63, 3.8) is 0 Å². The van der Waals surface area contributed by atoms with E-state index in [2.05, 4.69) is 49.5 Å². The summed E-state index contributed by atoms with van der Waals surface area (Å²) in [5.41, 5.74) is 4.30. The molecule has 3 rings (SSSR count). The van der Waals surface area contributed by atoms with Crippen LogP contribution in [0.4, 0.5) is 0 Å². The first-order valence-corrected chi connectivity index (χ1v) is 7.08. The Morgan fingerprint density at radius 3 is 2.74 bits per heavy atom. The van der Waals surface area contributed by atoms with Crippen LogP contribution < -0.4 is 5.32 Å². The number of benzene rings is 1. The average molecular weight is 255 g/mol. The number of fused-ring (bicyclic) bond motifs is 1. The number of hydrogen-bond donors (Lipinski definition) is 1. The minimum absolute atomic E-state index is 0.373. The Balaban J connectivity index is 1.93. The van der Waals surface area contributed by atoms with Crippen molar-refractivity contribution in [1.82, 2.24) is 5.32 Å². The van der Waals surface area contributed by atoms with Crippen LogP contribution in [-0.4, -0.2) is 6.54 Å². The molecule has 1 aromatic carbocycles. The summed E-state index contributed by atoms with van der Waals surface area (Å²) in [4.78, 5) is 0. The third-order valence-electron chi connectivity index (χ3n) is 4.14. The Labute approximate surface area is 114 Å². The minimum Gasteiger partial charge on any atom is -0.466 e. The Bertz CT molecular complexity index is 585. The van der Waals surface area contributed by atoms with E-state index in [9.17, 15) is 0 Å². The summed E-state index contributed by atoms with van der Waals surface area (Å²) in [5, 5.41) is 3.64. The summed E-state index contributed by atoms with van der Waals surface area (Å²) in [6.45, 7) is 7.23. The Hall–Kier alpha value is -1.54. The fourth-order valence-corrected chi connectivity index (χ4v) is 3.24. The molecular formula is C17H21NO. The van der Waals surface area contributed by atoms with Gasteiger partial charge in [0.05, 0.1) is 0 Å². The lowest BCUT2D eigenvalue weighted by atomic mass is 9.71. The summed E-state index contributed by atoms with van der Waals surface area (Å²) in [5.74, 6) is 2.63. The normalized spacial score (nSPS) is 18.8. The zero-order valence-corrected chi connectivity index (χ0v) is 11.9. The van der Waals surface area contributed by atoms with Crippen LogP contribution in [0.1, 0.15) is 47.1 Å². The largest absolute Gasteiger partial charge is 0.466 e. The van der Waals surface area contributed by atoms with Gasteiger partial charge in [-0.3, -0.25) is 0 Å². The summed E-state index contributed by atoms with van der Waals surface area (Å²) >= 11 is 0. The van der Waals surface area contributed by atoms with Crippen molar-refractivity contribution in [3.8, 4) is 0 Å². The van der Waals surface area contributed by atoms with Gasteiger partial charge >= 0.3 is 0 Å². The highest BCUT2D eigenvalue weighted by Gasteiger charge is 2.34. The highest BCUT2D eigenvalue weighted by atomic mass is 16.3. The van der Waals surface area contributed by atoms with E-state index in [4.69, 9.17) is 4.42 Å². The Kier molecular flexibility index (Phi) is 3.19. The molecule has 0 saturated heterocycles. The first-order chi connectivity index (χ1) is 9.20. The molecule has 0 spiro atoms. The van der Waals surface area contributed by atoms with Crippen LogP contribution in [0.3, 0.4) is 0 Å². The summed E-state index contributed by atoms with van der Waals surface area (Å²) in [6.07, 6.45) is 1.16. The fourth-order valence-electron chi connectivity index (χ4n) is 3.24. The monoisotopic (exact) mass is 255 g/mol. The van der Waals surface area contributed by atoms with Gasteiger partial charge < -0.3 is 9.73 Å². The SMILES string of the molecule is CCNC(c1cc(C)oc1C)C1Cc2ccccc21. The predicted octanol–water partition coefficient (Wildman–Crippen LogP) is 3.89. The zero-order valence-electron chi connectivity index (χ0n) is 11.9. The van der Waals surface area contributed by atoms with Gasteiger partial charge in [-0.1, -0.05) is 31.2 Å². The Morgan fingerprint density at radius 1 is 1.32 bits per heavy atom. The first-order valence-electron chi connectivity index (χ1n) is 7.08. The smallest absolute Gasteiger partial charge is 0.105 e. The molecule has 19 heavy (non-hydrogen) atoms. The molecule has 0 fully saturated rings. The Morgan fingerprint density at radius 2 is 2.11 bits per heavy atom. The molecule has 2 aromatic rings. The van der Waals surface area contributed by atoms with E-state index in [1.54, 1.807) is 0 Å². The fraction of sp³-hybridized carbons (Fsp3) is 0.412. The van der Waals surface area contributed by atoms with Crippen molar-refractivity contribution >= 4 is 0 Å². The molecule has 1 aliphatic rings. The van der Waals surface area contributed by atoms with E-state index in [1.165, 1.54) is 16.7 Å². The molecule has 2 unspecified atom stereocenters. The van der Waals surface area contributed by atoms with E-state index in [1.807, 2.05) is 6.92 Å². The summed E-state index contributed by atoms with van der Waals surface area (Å²) < 4.78 is 5.71. The van der Waals surface area contributed by atoms with Crippen LogP contribution in [0, 0.1) is 13.8 Å². The molecule has 1 aromatic heterocycles. The molecule has 0 radical (unpaired) electrons. The molecule has 100 valence electrons. The number of furan rings is 1. The molecule has 0 bridgehead atoms. The number of rotatable bonds is 4. The van der Waals surface area contributed by atoms with Gasteiger partial charge in [-0.2, -0.15) is 0 Å². The second-order valence-corrected chi connectivity index (χ2v) is 5.41. The molecule has 1 aliphatic carbocycles. The molecule has 0 amide bonds. The van der Waals surface area contributed by atoms with Crippen LogP contribution in [0.5, 0.6) is 0 Å². The highest BCUT2D eigenvalue weighted by molar-refractivity contribution is 5.43. The van der Waals surface area contributed by atoms with Gasteiger partial charge in [0, 0.05) is 17.5 Å². The maximum atomic E-state index is 5.71. The van der Waals surface area contributed by atoms with Crippen molar-refractivity contribution in [3.05, 3.63) is 58.5 Å². The third kappa shape index (κ3) is 2.10. The van der Waals surface area contributed by atoms with Gasteiger partial charge in [-0.25, -0.2) is 0 Å². The number of aryl methyl sites for hydroxylation is 2. The van der Waals surface area contributed by atoms with E-state index in [0.717, 1.165) is 24.5 Å². The van der Waals surface area contributed by atoms with E-state index in [0.29, 0.717) is 12.0 Å². The lowest BCUT2D eigenvalue weighted by molar-refractivity contribution is 0.409. The molecule has 2 heteroatoms. The molecule has 2 atom stereocenters. The van der Waals surface area contributed by atoms with Gasteiger partial charge in [0.2, 0.25) is 0 Å². The van der Waals surface area contributed by atoms with Crippen molar-refractivity contribution in [1.29, 1.82) is 0 Å². The van der Waals surface area contributed by atoms with E-state index >= 15 is 0 Å². The van der Waals surface area contributed by atoms with E-state index in [-0.39, 0.29) is 0 Å². The zero-order chi connectivity index (χ0) is 13.4. The summed E-state index contributed by atoms with van der Waals surface area (Å²) in [6, 6.07) is 11.3. The lowest BCUT2D eigenvalue weighted by Gasteiger charge is -2.37. The molecule has 1 N–H and O–H groups in total. The second-order valence-electron chi connectivity index (χ2n) is 5.41. The number of nitrogens with one attached hydrogen (secondary N) is 1. The van der Waals surface area contributed by atoms with Crippen LogP contribution in [-0.2, 0) is 6.42 Å². The molecule has 0 saturated carbocycles. The first kappa shape index (κ1) is 12.5. The van der Waals surface area contributed by atoms with Gasteiger partial charge in [-0.05, 0) is 44.0 Å². The number of hydrogen-bond acceptors (Lipinski definition) is 2. The molecule has 1 heterocycles. The third-order valence-corrected chi connectivity index (χ3v) is 4.14. The van der Waals surface area contributed by atoms with E-state index < -0.39 is 0 Å². The van der Waals surface area contributed by atoms with Crippen molar-refractivity contribution in [2.45, 2.75) is 39.2 Å². The van der Waals surface area contributed by atoms with Crippen molar-refractivity contribution in [2.75, 3.05) is 6.54 Å². The van der Waals surface area contributed by atoms with Gasteiger partial charge in [0.15, 0.2) is 0 Å². The average Bonchev–Trinajstić information content (AvgIpc) is 2.69. The van der Waals surface area contributed by atoms with Crippen molar-refractivity contribution < 1.29 is 4.42 Å². The van der Waals surface area contributed by atoms with Gasteiger partial charge in [0.25, 0.3) is 0 Å². The maximum absolute atomic E-state index is 5.71. The second kappa shape index (κ2) is 4.86. The standard InChI is InChI=1S/C17H21NO/c1-4-18-17(15-9-11(2)19-12(15)3)16-10-13-7-5-6-8-14(13)16/h5-9,16-18H,4,10H2,1-3H3. The molecule has 0 aliphatic heterocycles. The predicted molar refractivity (Wildman–Crippen MR) is 77.5 cm³/mol. The number of likely N-dealkylation sites (N-methyl/N-ethyl adjacent to an activating group) is 1. The minimum atomic E-state index is 0.373. The van der Waals surface area contributed by atoms with Crippen molar-refractivity contribution in [2.24, 2.45) is 0 Å². The molecular weight excluding hydrogens is 234 g/mol. The topological polar surface area (TPSA) is 25.2 Å². The van der Waals surface area contributed by atoms with Gasteiger partial charge in [0.1, 0.15) is 11.5 Å². The molecule has 2 nitrogen and oxygen atoms in total. The van der Waals surface area contributed by atoms with Crippen LogP contribution in [0.15, 0.2) is 34.7 Å². The quantitative estimate of drug-likeness (QED) is 0.896. The van der Waals surface area contributed by atoms with Crippen LogP contribution in [0.25, 0.3) is 0 Å². The summed E-state index contributed by atoms with van der Waals surface area (Å²) in [7, 11) is 0.